The number of hydrogen-bond donors (Lipinski definition) is 2. The first-order valence-corrected chi connectivity index (χ1v) is 8.47. The van der Waals surface area contributed by atoms with Gasteiger partial charge in [0.25, 0.3) is 0 Å². The number of piperidine rings is 1. The second-order valence-corrected chi connectivity index (χ2v) is 6.57. The number of ether oxygens (including phenoxy) is 1. The fraction of sp³-hybridized carbons (Fsp3) is 0.733. The maximum absolute atomic E-state index is 11.4. The largest absolute Gasteiger partial charge is 0.378 e. The van der Waals surface area contributed by atoms with Gasteiger partial charge in [0.15, 0.2) is 0 Å². The van der Waals surface area contributed by atoms with Crippen molar-refractivity contribution in [1.82, 2.24) is 9.97 Å². The number of nitrogen functional groups attached to an aromatic ring is 1. The van der Waals surface area contributed by atoms with E-state index in [2.05, 4.69) is 22.2 Å². The first-order valence-electron chi connectivity index (χ1n) is 8.47. The van der Waals surface area contributed by atoms with Gasteiger partial charge < -0.3 is 20.7 Å². The molecule has 132 valence electrons. The highest BCUT2D eigenvalue weighted by atomic mass is 16.6. The molecule has 9 nitrogen and oxygen atoms in total. The molecular formula is C15H24N6O3. The van der Waals surface area contributed by atoms with E-state index in [0.29, 0.717) is 24.2 Å². The second-order valence-electron chi connectivity index (χ2n) is 6.57. The topological polar surface area (TPSA) is 119 Å². The minimum Gasteiger partial charge on any atom is -0.378 e. The first-order chi connectivity index (χ1) is 11.5. The molecule has 3 N–H and O–H groups in total. The SMILES string of the molecule is CC1CCCN(c2nc(NCC3CCCO3)nc(N)c2[N+](=O)[O-])C1. The van der Waals surface area contributed by atoms with E-state index < -0.39 is 4.92 Å². The Morgan fingerprint density at radius 1 is 1.42 bits per heavy atom. The molecule has 1 aromatic heterocycles. The van der Waals surface area contributed by atoms with Gasteiger partial charge in [-0.2, -0.15) is 9.97 Å². The van der Waals surface area contributed by atoms with Gasteiger partial charge in [0.05, 0.1) is 11.0 Å². The van der Waals surface area contributed by atoms with Gasteiger partial charge in [0.2, 0.25) is 17.6 Å². The molecule has 2 fully saturated rings. The normalized spacial score (nSPS) is 24.1. The van der Waals surface area contributed by atoms with E-state index in [1.165, 1.54) is 0 Å². The van der Waals surface area contributed by atoms with Crippen LogP contribution in [0.5, 0.6) is 0 Å². The zero-order valence-corrected chi connectivity index (χ0v) is 13.9. The molecule has 0 aliphatic carbocycles. The number of nitrogens with zero attached hydrogens (tertiary/aromatic N) is 4. The van der Waals surface area contributed by atoms with Crippen LogP contribution in [-0.2, 0) is 4.74 Å². The molecule has 9 heteroatoms. The van der Waals surface area contributed by atoms with Crippen LogP contribution in [0, 0.1) is 16.0 Å². The summed E-state index contributed by atoms with van der Waals surface area (Å²) in [5, 5.41) is 14.5. The highest BCUT2D eigenvalue weighted by molar-refractivity contribution is 5.71. The number of anilines is 3. The van der Waals surface area contributed by atoms with E-state index in [1.807, 2.05) is 4.90 Å². The summed E-state index contributed by atoms with van der Waals surface area (Å²) in [6, 6.07) is 0. The summed E-state index contributed by atoms with van der Waals surface area (Å²) >= 11 is 0. The van der Waals surface area contributed by atoms with Crippen LogP contribution in [0.25, 0.3) is 0 Å². The Bertz CT molecular complexity index is 605. The molecule has 24 heavy (non-hydrogen) atoms. The standard InChI is InChI=1S/C15H24N6O3/c1-10-4-2-6-20(9-10)14-12(21(22)23)13(16)18-15(19-14)17-8-11-5-3-7-24-11/h10-11H,2-9H2,1H3,(H3,16,17,18,19). The third-order valence-electron chi connectivity index (χ3n) is 4.54. The van der Waals surface area contributed by atoms with E-state index in [4.69, 9.17) is 10.5 Å². The van der Waals surface area contributed by atoms with E-state index >= 15 is 0 Å². The molecule has 2 aliphatic heterocycles. The molecule has 0 bridgehead atoms. The van der Waals surface area contributed by atoms with Crippen LogP contribution in [-0.4, -0.2) is 47.2 Å². The van der Waals surface area contributed by atoms with Crippen LogP contribution in [0.3, 0.4) is 0 Å². The van der Waals surface area contributed by atoms with Crippen molar-refractivity contribution >= 4 is 23.3 Å². The highest BCUT2D eigenvalue weighted by Crippen LogP contribution is 2.34. The Morgan fingerprint density at radius 3 is 2.92 bits per heavy atom. The van der Waals surface area contributed by atoms with Crippen molar-refractivity contribution in [2.75, 3.05) is 42.2 Å². The number of hydrogen-bond acceptors (Lipinski definition) is 8. The van der Waals surface area contributed by atoms with Crippen LogP contribution >= 0.6 is 0 Å². The molecule has 2 saturated heterocycles. The zero-order valence-electron chi connectivity index (χ0n) is 13.9. The van der Waals surface area contributed by atoms with E-state index in [9.17, 15) is 10.1 Å². The number of nitro groups is 1. The first kappa shape index (κ1) is 16.7. The van der Waals surface area contributed by atoms with Crippen LogP contribution < -0.4 is 16.0 Å². The van der Waals surface area contributed by atoms with Crippen LogP contribution in [0.4, 0.5) is 23.3 Å². The van der Waals surface area contributed by atoms with Gasteiger partial charge in [-0.1, -0.05) is 6.92 Å². The van der Waals surface area contributed by atoms with Crippen molar-refractivity contribution in [3.63, 3.8) is 0 Å². The van der Waals surface area contributed by atoms with Crippen molar-refractivity contribution in [3.8, 4) is 0 Å². The summed E-state index contributed by atoms with van der Waals surface area (Å²) in [4.78, 5) is 21.3. The minimum atomic E-state index is -0.492. The van der Waals surface area contributed by atoms with Gasteiger partial charge in [0.1, 0.15) is 0 Å². The predicted octanol–water partition coefficient (Wildman–Crippen LogP) is 1.79. The molecule has 0 radical (unpaired) electrons. The number of nitrogens with two attached hydrogens (primary N) is 1. The van der Waals surface area contributed by atoms with Gasteiger partial charge >= 0.3 is 5.69 Å². The summed E-state index contributed by atoms with van der Waals surface area (Å²) in [6.07, 6.45) is 4.28. The quantitative estimate of drug-likeness (QED) is 0.617. The Labute approximate surface area is 140 Å². The number of aromatic nitrogens is 2. The van der Waals surface area contributed by atoms with Crippen LogP contribution in [0.1, 0.15) is 32.6 Å². The van der Waals surface area contributed by atoms with Crippen LogP contribution in [0.15, 0.2) is 0 Å². The molecule has 0 aromatic carbocycles. The maximum atomic E-state index is 11.4. The average molecular weight is 336 g/mol. The van der Waals surface area contributed by atoms with E-state index in [1.54, 1.807) is 0 Å². The van der Waals surface area contributed by atoms with Gasteiger partial charge in [-0.3, -0.25) is 10.1 Å². The number of rotatable bonds is 5. The van der Waals surface area contributed by atoms with Gasteiger partial charge in [-0.05, 0) is 31.6 Å². The smallest absolute Gasteiger partial charge is 0.353 e. The third kappa shape index (κ3) is 3.66. The Kier molecular flexibility index (Phi) is 4.98. The molecule has 0 spiro atoms. The fourth-order valence-corrected chi connectivity index (χ4v) is 3.33. The van der Waals surface area contributed by atoms with Crippen molar-refractivity contribution in [3.05, 3.63) is 10.1 Å². The van der Waals surface area contributed by atoms with Crippen molar-refractivity contribution in [1.29, 1.82) is 0 Å². The Balaban J connectivity index is 1.84. The summed E-state index contributed by atoms with van der Waals surface area (Å²) in [5.74, 6) is 1.01. The molecular weight excluding hydrogens is 312 g/mol. The molecule has 2 atom stereocenters. The van der Waals surface area contributed by atoms with Gasteiger partial charge in [-0.25, -0.2) is 0 Å². The summed E-state index contributed by atoms with van der Waals surface area (Å²) in [5.41, 5.74) is 5.66. The van der Waals surface area contributed by atoms with Crippen LogP contribution in [0.2, 0.25) is 0 Å². The molecule has 2 aliphatic rings. The lowest BCUT2D eigenvalue weighted by Gasteiger charge is -2.31. The Hall–Kier alpha value is -2.16. The minimum absolute atomic E-state index is 0.0990. The average Bonchev–Trinajstić information content (AvgIpc) is 3.05. The van der Waals surface area contributed by atoms with E-state index in [-0.39, 0.29) is 17.6 Å². The third-order valence-corrected chi connectivity index (χ3v) is 4.54. The van der Waals surface area contributed by atoms with Crippen molar-refractivity contribution in [2.24, 2.45) is 5.92 Å². The second kappa shape index (κ2) is 7.16. The lowest BCUT2D eigenvalue weighted by molar-refractivity contribution is -0.383. The summed E-state index contributed by atoms with van der Waals surface area (Å²) in [7, 11) is 0. The van der Waals surface area contributed by atoms with Gasteiger partial charge in [0, 0.05) is 26.2 Å². The molecule has 2 unspecified atom stereocenters. The van der Waals surface area contributed by atoms with Crippen molar-refractivity contribution < 1.29 is 9.66 Å². The summed E-state index contributed by atoms with van der Waals surface area (Å²) < 4.78 is 5.56. The van der Waals surface area contributed by atoms with Gasteiger partial charge in [-0.15, -0.1) is 0 Å². The molecule has 0 amide bonds. The molecule has 3 rings (SSSR count). The summed E-state index contributed by atoms with van der Waals surface area (Å²) in [6.45, 7) is 4.97. The maximum Gasteiger partial charge on any atom is 0.353 e. The molecule has 1 aromatic rings. The van der Waals surface area contributed by atoms with Crippen molar-refractivity contribution in [2.45, 2.75) is 38.7 Å². The van der Waals surface area contributed by atoms with E-state index in [0.717, 1.165) is 45.4 Å². The lowest BCUT2D eigenvalue weighted by atomic mass is 10.0. The number of nitrogens with one attached hydrogen (secondary N) is 1. The fourth-order valence-electron chi connectivity index (χ4n) is 3.33. The molecule has 3 heterocycles. The highest BCUT2D eigenvalue weighted by Gasteiger charge is 2.30. The lowest BCUT2D eigenvalue weighted by Crippen LogP contribution is -2.35. The Morgan fingerprint density at radius 2 is 2.25 bits per heavy atom. The predicted molar refractivity (Wildman–Crippen MR) is 91.2 cm³/mol. The zero-order chi connectivity index (χ0) is 17.1. The molecule has 0 saturated carbocycles. The monoisotopic (exact) mass is 336 g/mol.